The van der Waals surface area contributed by atoms with Crippen molar-refractivity contribution in [2.75, 3.05) is 6.61 Å². The van der Waals surface area contributed by atoms with Gasteiger partial charge in [-0.1, -0.05) is 20.8 Å². The molecule has 1 N–H and O–H groups in total. The predicted octanol–water partition coefficient (Wildman–Crippen LogP) is 5.00. The van der Waals surface area contributed by atoms with Gasteiger partial charge in [-0.25, -0.2) is 9.48 Å². The van der Waals surface area contributed by atoms with Gasteiger partial charge in [-0.05, 0) is 82.1 Å². The van der Waals surface area contributed by atoms with E-state index in [0.717, 1.165) is 43.0 Å². The number of nitrogens with one attached hydrogen (secondary N) is 1. The first kappa shape index (κ1) is 23.0. The Morgan fingerprint density at radius 1 is 1.10 bits per heavy atom. The van der Waals surface area contributed by atoms with Crippen LogP contribution in [0.2, 0.25) is 0 Å². The monoisotopic (exact) mass is 425 g/mol. The lowest BCUT2D eigenvalue weighted by Crippen LogP contribution is -2.39. The van der Waals surface area contributed by atoms with Gasteiger partial charge in [0.1, 0.15) is 5.56 Å². The molecule has 6 nitrogen and oxygen atoms in total. The Morgan fingerprint density at radius 3 is 2.26 bits per heavy atom. The fraction of sp³-hybridized carbons (Fsp3) is 0.560. The summed E-state index contributed by atoms with van der Waals surface area (Å²) < 4.78 is 6.86. The molecule has 0 bridgehead atoms. The first-order valence-electron chi connectivity index (χ1n) is 11.3. The lowest BCUT2D eigenvalue weighted by Gasteiger charge is -2.37. The molecule has 1 aromatic heterocycles. The molecule has 6 heteroatoms. The van der Waals surface area contributed by atoms with Crippen LogP contribution in [0.5, 0.6) is 0 Å². The number of ether oxygens (including phenoxy) is 1. The van der Waals surface area contributed by atoms with E-state index in [2.05, 4.69) is 31.2 Å². The fourth-order valence-electron chi connectivity index (χ4n) is 4.52. The maximum Gasteiger partial charge on any atom is 0.341 e. The molecule has 1 heterocycles. The molecule has 1 aliphatic rings. The summed E-state index contributed by atoms with van der Waals surface area (Å²) in [5.41, 5.74) is 3.62. The van der Waals surface area contributed by atoms with Crippen LogP contribution in [-0.4, -0.2) is 34.3 Å². The topological polar surface area (TPSA) is 73.2 Å². The average molecular weight is 426 g/mol. The SMILES string of the molecule is CCOC(=O)c1c(C)nn(-c2ccc(C(=O)NC3CCC(C(C)(C)C)CC3)cc2)c1C. The zero-order valence-electron chi connectivity index (χ0n) is 19.6. The van der Waals surface area contributed by atoms with Crippen LogP contribution in [0.1, 0.15) is 85.5 Å². The Bertz CT molecular complexity index is 930. The summed E-state index contributed by atoms with van der Waals surface area (Å²) in [4.78, 5) is 24.9. The van der Waals surface area contributed by atoms with Crippen LogP contribution in [0.4, 0.5) is 0 Å². The third-order valence-corrected chi connectivity index (χ3v) is 6.43. The molecule has 0 radical (unpaired) electrons. The summed E-state index contributed by atoms with van der Waals surface area (Å²) in [6.45, 7) is 12.7. The fourth-order valence-corrected chi connectivity index (χ4v) is 4.52. The summed E-state index contributed by atoms with van der Waals surface area (Å²) in [5, 5.41) is 7.69. The molecule has 0 spiro atoms. The molecule has 0 atom stereocenters. The molecule has 1 amide bonds. The van der Waals surface area contributed by atoms with Crippen molar-refractivity contribution in [2.45, 2.75) is 73.3 Å². The predicted molar refractivity (Wildman–Crippen MR) is 122 cm³/mol. The largest absolute Gasteiger partial charge is 0.462 e. The molecule has 1 aromatic carbocycles. The van der Waals surface area contributed by atoms with E-state index in [9.17, 15) is 9.59 Å². The van der Waals surface area contributed by atoms with Crippen LogP contribution in [0.3, 0.4) is 0 Å². The van der Waals surface area contributed by atoms with Gasteiger partial charge in [0.05, 0.1) is 23.7 Å². The van der Waals surface area contributed by atoms with E-state index in [1.165, 1.54) is 0 Å². The number of rotatable bonds is 5. The minimum Gasteiger partial charge on any atom is -0.462 e. The van der Waals surface area contributed by atoms with E-state index in [-0.39, 0.29) is 17.9 Å². The highest BCUT2D eigenvalue weighted by Crippen LogP contribution is 2.37. The summed E-state index contributed by atoms with van der Waals surface area (Å²) in [7, 11) is 0. The molecule has 3 rings (SSSR count). The molecule has 2 aromatic rings. The van der Waals surface area contributed by atoms with Crippen molar-refractivity contribution in [3.05, 3.63) is 46.8 Å². The second-order valence-electron chi connectivity index (χ2n) is 9.61. The van der Waals surface area contributed by atoms with Crippen molar-refractivity contribution in [3.8, 4) is 5.69 Å². The van der Waals surface area contributed by atoms with Crippen LogP contribution in [0.15, 0.2) is 24.3 Å². The summed E-state index contributed by atoms with van der Waals surface area (Å²) in [5.74, 6) is 0.326. The zero-order valence-corrected chi connectivity index (χ0v) is 19.6. The molecular formula is C25H35N3O3. The Balaban J connectivity index is 1.66. The van der Waals surface area contributed by atoms with Crippen molar-refractivity contribution in [1.82, 2.24) is 15.1 Å². The van der Waals surface area contributed by atoms with E-state index in [0.29, 0.717) is 28.8 Å². The molecule has 0 saturated heterocycles. The standard InChI is InChI=1S/C25H35N3O3/c1-7-31-24(30)22-16(2)27-28(17(22)3)21-14-8-18(9-15-21)23(29)26-20-12-10-19(11-13-20)25(4,5)6/h8-9,14-15,19-20H,7,10-13H2,1-6H3,(H,26,29). The Labute approximate surface area is 185 Å². The number of hydrogen-bond donors (Lipinski definition) is 1. The van der Waals surface area contributed by atoms with Gasteiger partial charge in [0.15, 0.2) is 0 Å². The minimum absolute atomic E-state index is 0.0358. The first-order valence-corrected chi connectivity index (χ1v) is 11.3. The van der Waals surface area contributed by atoms with Crippen LogP contribution in [0, 0.1) is 25.2 Å². The second kappa shape index (κ2) is 9.25. The lowest BCUT2D eigenvalue weighted by molar-refractivity contribution is 0.0524. The highest BCUT2D eigenvalue weighted by molar-refractivity contribution is 5.94. The van der Waals surface area contributed by atoms with Crippen molar-refractivity contribution < 1.29 is 14.3 Å². The highest BCUT2D eigenvalue weighted by atomic mass is 16.5. The molecule has 168 valence electrons. The van der Waals surface area contributed by atoms with Gasteiger partial charge in [-0.15, -0.1) is 0 Å². The number of hydrogen-bond acceptors (Lipinski definition) is 4. The minimum atomic E-state index is -0.360. The van der Waals surface area contributed by atoms with Gasteiger partial charge in [0.2, 0.25) is 0 Å². The van der Waals surface area contributed by atoms with Crippen molar-refractivity contribution in [1.29, 1.82) is 0 Å². The molecule has 1 fully saturated rings. The lowest BCUT2D eigenvalue weighted by atomic mass is 9.71. The smallest absolute Gasteiger partial charge is 0.341 e. The molecule has 31 heavy (non-hydrogen) atoms. The van der Waals surface area contributed by atoms with Gasteiger partial charge in [0.25, 0.3) is 5.91 Å². The number of aryl methyl sites for hydroxylation is 1. The third-order valence-electron chi connectivity index (χ3n) is 6.43. The summed E-state index contributed by atoms with van der Waals surface area (Å²) in [6, 6.07) is 7.59. The molecule has 1 saturated carbocycles. The van der Waals surface area contributed by atoms with Crippen molar-refractivity contribution in [3.63, 3.8) is 0 Å². The maximum absolute atomic E-state index is 12.7. The highest BCUT2D eigenvalue weighted by Gasteiger charge is 2.30. The number of benzene rings is 1. The van der Waals surface area contributed by atoms with E-state index >= 15 is 0 Å². The van der Waals surface area contributed by atoms with Gasteiger partial charge in [-0.2, -0.15) is 5.10 Å². The van der Waals surface area contributed by atoms with E-state index < -0.39 is 0 Å². The van der Waals surface area contributed by atoms with Gasteiger partial charge >= 0.3 is 5.97 Å². The van der Waals surface area contributed by atoms with Gasteiger partial charge < -0.3 is 10.1 Å². The normalized spacial score (nSPS) is 19.2. The Kier molecular flexibility index (Phi) is 6.87. The number of esters is 1. The quantitative estimate of drug-likeness (QED) is 0.684. The number of nitrogens with zero attached hydrogens (tertiary/aromatic N) is 2. The molecule has 0 aliphatic heterocycles. The van der Waals surface area contributed by atoms with E-state index in [1.54, 1.807) is 18.5 Å². The first-order chi connectivity index (χ1) is 14.6. The van der Waals surface area contributed by atoms with Crippen molar-refractivity contribution in [2.24, 2.45) is 11.3 Å². The van der Waals surface area contributed by atoms with Crippen LogP contribution < -0.4 is 5.32 Å². The number of amides is 1. The Hall–Kier alpha value is -2.63. The third kappa shape index (κ3) is 5.17. The average Bonchev–Trinajstić information content (AvgIpc) is 3.02. The maximum atomic E-state index is 12.7. The van der Waals surface area contributed by atoms with E-state index in [4.69, 9.17) is 4.74 Å². The van der Waals surface area contributed by atoms with Crippen LogP contribution >= 0.6 is 0 Å². The number of carbonyl (C=O) groups is 2. The van der Waals surface area contributed by atoms with Crippen LogP contribution in [0.25, 0.3) is 5.69 Å². The summed E-state index contributed by atoms with van der Waals surface area (Å²) in [6.07, 6.45) is 4.39. The second-order valence-corrected chi connectivity index (χ2v) is 9.61. The molecular weight excluding hydrogens is 390 g/mol. The van der Waals surface area contributed by atoms with Crippen LogP contribution in [-0.2, 0) is 4.74 Å². The van der Waals surface area contributed by atoms with Crippen molar-refractivity contribution >= 4 is 11.9 Å². The zero-order chi connectivity index (χ0) is 22.8. The Morgan fingerprint density at radius 2 is 1.71 bits per heavy atom. The van der Waals surface area contributed by atoms with E-state index in [1.807, 2.05) is 31.2 Å². The summed E-state index contributed by atoms with van der Waals surface area (Å²) >= 11 is 0. The molecule has 1 aliphatic carbocycles. The van der Waals surface area contributed by atoms with Gasteiger partial charge in [-0.3, -0.25) is 4.79 Å². The molecule has 0 unspecified atom stereocenters. The number of aromatic nitrogens is 2. The number of carbonyl (C=O) groups excluding carboxylic acids is 2. The van der Waals surface area contributed by atoms with Gasteiger partial charge in [0, 0.05) is 11.6 Å².